The summed E-state index contributed by atoms with van der Waals surface area (Å²) in [5, 5.41) is 1.04. The van der Waals surface area contributed by atoms with E-state index < -0.39 is 0 Å². The lowest BCUT2D eigenvalue weighted by Crippen LogP contribution is -2.45. The smallest absolute Gasteiger partial charge is 0.253 e. The quantitative estimate of drug-likeness (QED) is 0.804. The number of nitrogens with one attached hydrogen (secondary N) is 1. The summed E-state index contributed by atoms with van der Waals surface area (Å²) in [6.07, 6.45) is 11.4. The molecule has 0 bridgehead atoms. The third-order valence-corrected chi connectivity index (χ3v) is 6.67. The molecule has 4 heteroatoms. The molecule has 1 aromatic carbocycles. The van der Waals surface area contributed by atoms with Crippen molar-refractivity contribution < 1.29 is 4.79 Å². The van der Waals surface area contributed by atoms with Crippen LogP contribution < -0.4 is 5.56 Å². The number of hydrogen-bond acceptors (Lipinski definition) is 2. The summed E-state index contributed by atoms with van der Waals surface area (Å²) in [6.45, 7) is 2.50. The van der Waals surface area contributed by atoms with E-state index in [-0.39, 0.29) is 23.4 Å². The zero-order valence-corrected chi connectivity index (χ0v) is 17.0. The Bertz CT molecular complexity index is 889. The molecule has 0 radical (unpaired) electrons. The second-order valence-corrected chi connectivity index (χ2v) is 8.81. The number of rotatable bonds is 4. The van der Waals surface area contributed by atoms with Gasteiger partial charge < -0.3 is 9.88 Å². The van der Waals surface area contributed by atoms with Crippen molar-refractivity contribution in [2.24, 2.45) is 5.92 Å². The second kappa shape index (κ2) is 8.50. The molecule has 1 heterocycles. The molecule has 1 aromatic heterocycles. The van der Waals surface area contributed by atoms with Gasteiger partial charge in [-0.1, -0.05) is 50.2 Å². The third-order valence-electron chi connectivity index (χ3n) is 6.67. The first-order valence-corrected chi connectivity index (χ1v) is 11.0. The molecule has 2 aliphatic rings. The number of fused-ring (bicyclic) bond motifs is 1. The molecule has 2 aliphatic carbocycles. The number of H-pyrrole nitrogens is 1. The minimum atomic E-state index is -0.0615. The maximum absolute atomic E-state index is 13.4. The van der Waals surface area contributed by atoms with Gasteiger partial charge in [-0.15, -0.1) is 0 Å². The van der Waals surface area contributed by atoms with Crippen molar-refractivity contribution in [2.45, 2.75) is 83.7 Å². The predicted molar refractivity (Wildman–Crippen MR) is 113 cm³/mol. The van der Waals surface area contributed by atoms with Crippen molar-refractivity contribution in [1.82, 2.24) is 9.88 Å². The van der Waals surface area contributed by atoms with Crippen LogP contribution in [0, 0.1) is 12.8 Å². The Morgan fingerprint density at radius 2 is 1.68 bits per heavy atom. The average Bonchev–Trinajstić information content (AvgIpc) is 2.73. The normalized spacial score (nSPS) is 19.0. The average molecular weight is 381 g/mol. The molecule has 150 valence electrons. The number of nitrogens with zero attached hydrogens (tertiary/aromatic N) is 1. The van der Waals surface area contributed by atoms with Crippen LogP contribution in [0.1, 0.15) is 75.3 Å². The molecule has 4 rings (SSSR count). The maximum Gasteiger partial charge on any atom is 0.253 e. The van der Waals surface area contributed by atoms with Gasteiger partial charge in [0.2, 0.25) is 5.91 Å². The number of benzene rings is 1. The molecule has 28 heavy (non-hydrogen) atoms. The van der Waals surface area contributed by atoms with E-state index >= 15 is 0 Å². The Morgan fingerprint density at radius 3 is 2.39 bits per heavy atom. The molecule has 0 saturated heterocycles. The molecule has 0 spiro atoms. The minimum absolute atomic E-state index is 0.0615. The fourth-order valence-electron chi connectivity index (χ4n) is 5.04. The molecular formula is C24H32N2O2. The van der Waals surface area contributed by atoms with Gasteiger partial charge in [0.1, 0.15) is 0 Å². The molecule has 1 amide bonds. The number of pyridine rings is 1. The van der Waals surface area contributed by atoms with E-state index in [0.29, 0.717) is 12.1 Å². The van der Waals surface area contributed by atoms with E-state index in [1.165, 1.54) is 31.2 Å². The van der Waals surface area contributed by atoms with Crippen LogP contribution in [0.15, 0.2) is 29.1 Å². The third kappa shape index (κ3) is 4.16. The van der Waals surface area contributed by atoms with Gasteiger partial charge in [0.15, 0.2) is 0 Å². The summed E-state index contributed by atoms with van der Waals surface area (Å²) in [7, 11) is 0. The minimum Gasteiger partial charge on any atom is -0.335 e. The van der Waals surface area contributed by atoms with Crippen LogP contribution in [0.4, 0.5) is 0 Å². The van der Waals surface area contributed by atoms with Crippen molar-refractivity contribution in [3.8, 4) is 0 Å². The van der Waals surface area contributed by atoms with Gasteiger partial charge in [-0.2, -0.15) is 0 Å². The van der Waals surface area contributed by atoms with Gasteiger partial charge in [0.05, 0.1) is 6.54 Å². The number of hydrogen-bond donors (Lipinski definition) is 1. The van der Waals surface area contributed by atoms with Crippen molar-refractivity contribution in [3.63, 3.8) is 0 Å². The first-order chi connectivity index (χ1) is 13.6. The Morgan fingerprint density at radius 1 is 1.00 bits per heavy atom. The van der Waals surface area contributed by atoms with Crippen molar-refractivity contribution >= 4 is 16.8 Å². The Balaban J connectivity index is 1.64. The van der Waals surface area contributed by atoms with Gasteiger partial charge >= 0.3 is 0 Å². The van der Waals surface area contributed by atoms with E-state index in [1.54, 1.807) is 0 Å². The fourth-order valence-corrected chi connectivity index (χ4v) is 5.04. The Kier molecular flexibility index (Phi) is 5.84. The predicted octanol–water partition coefficient (Wildman–Crippen LogP) is 5.08. The summed E-state index contributed by atoms with van der Waals surface area (Å²) in [5.74, 6) is 0.438. The second-order valence-electron chi connectivity index (χ2n) is 8.81. The van der Waals surface area contributed by atoms with Crippen LogP contribution in [0.5, 0.6) is 0 Å². The van der Waals surface area contributed by atoms with Gasteiger partial charge in [0.25, 0.3) is 5.56 Å². The first-order valence-electron chi connectivity index (χ1n) is 11.0. The van der Waals surface area contributed by atoms with Crippen LogP contribution in [-0.4, -0.2) is 21.8 Å². The molecule has 2 fully saturated rings. The van der Waals surface area contributed by atoms with Crippen LogP contribution in [0.25, 0.3) is 10.9 Å². The number of aryl methyl sites for hydroxylation is 1. The van der Waals surface area contributed by atoms with E-state index in [9.17, 15) is 9.59 Å². The van der Waals surface area contributed by atoms with Crippen LogP contribution in [0.2, 0.25) is 0 Å². The molecule has 1 N–H and O–H groups in total. The van der Waals surface area contributed by atoms with Crippen molar-refractivity contribution in [1.29, 1.82) is 0 Å². The highest BCUT2D eigenvalue weighted by molar-refractivity contribution is 5.81. The summed E-state index contributed by atoms with van der Waals surface area (Å²) in [5.41, 5.74) is 2.69. The number of carbonyl (C=O) groups excluding carboxylic acids is 1. The fraction of sp³-hybridized carbons (Fsp3) is 0.583. The SMILES string of the molecule is Cc1ccc2[nH]c(=O)c(CN(C(=O)C3CCCCC3)C3CCCCC3)cc2c1. The Hall–Kier alpha value is -2.10. The van der Waals surface area contributed by atoms with Gasteiger partial charge in [0, 0.05) is 23.0 Å². The summed E-state index contributed by atoms with van der Waals surface area (Å²) in [4.78, 5) is 31.3. The Labute approximate surface area is 167 Å². The lowest BCUT2D eigenvalue weighted by atomic mass is 9.86. The molecule has 4 nitrogen and oxygen atoms in total. The molecule has 0 unspecified atom stereocenters. The van der Waals surface area contributed by atoms with E-state index in [1.807, 2.05) is 18.2 Å². The maximum atomic E-state index is 13.4. The number of aromatic nitrogens is 1. The zero-order valence-electron chi connectivity index (χ0n) is 17.0. The van der Waals surface area contributed by atoms with Gasteiger partial charge in [-0.3, -0.25) is 9.59 Å². The lowest BCUT2D eigenvalue weighted by molar-refractivity contribution is -0.140. The molecule has 0 atom stereocenters. The van der Waals surface area contributed by atoms with E-state index in [2.05, 4.69) is 22.9 Å². The van der Waals surface area contributed by atoms with Gasteiger partial charge in [-0.25, -0.2) is 0 Å². The van der Waals surface area contributed by atoms with Crippen LogP contribution in [-0.2, 0) is 11.3 Å². The standard InChI is InChI=1S/C24H32N2O2/c1-17-12-13-22-19(14-17)15-20(23(27)25-22)16-26(21-10-6-3-7-11-21)24(28)18-8-4-2-5-9-18/h12-15,18,21H,2-11,16H2,1H3,(H,25,27). The molecule has 0 aliphatic heterocycles. The van der Waals surface area contributed by atoms with Crippen LogP contribution in [0.3, 0.4) is 0 Å². The largest absolute Gasteiger partial charge is 0.335 e. The molecule has 2 saturated carbocycles. The van der Waals surface area contributed by atoms with E-state index in [0.717, 1.165) is 49.4 Å². The molecular weight excluding hydrogens is 348 g/mol. The number of aromatic amines is 1. The van der Waals surface area contributed by atoms with Gasteiger partial charge in [-0.05, 0) is 56.2 Å². The molecule has 2 aromatic rings. The van der Waals surface area contributed by atoms with E-state index in [4.69, 9.17) is 0 Å². The van der Waals surface area contributed by atoms with Crippen molar-refractivity contribution in [2.75, 3.05) is 0 Å². The highest BCUT2D eigenvalue weighted by Gasteiger charge is 2.31. The summed E-state index contributed by atoms with van der Waals surface area (Å²) in [6, 6.07) is 8.35. The number of amides is 1. The first kappa shape index (κ1) is 19.2. The monoisotopic (exact) mass is 380 g/mol. The lowest BCUT2D eigenvalue weighted by Gasteiger charge is -2.37. The number of carbonyl (C=O) groups is 1. The van der Waals surface area contributed by atoms with Crippen molar-refractivity contribution in [3.05, 3.63) is 45.7 Å². The van der Waals surface area contributed by atoms with Crippen LogP contribution >= 0.6 is 0 Å². The highest BCUT2D eigenvalue weighted by Crippen LogP contribution is 2.30. The summed E-state index contributed by atoms with van der Waals surface area (Å²) >= 11 is 0. The zero-order chi connectivity index (χ0) is 19.5. The topological polar surface area (TPSA) is 53.2 Å². The summed E-state index contributed by atoms with van der Waals surface area (Å²) < 4.78 is 0. The highest BCUT2D eigenvalue weighted by atomic mass is 16.2.